The van der Waals surface area contributed by atoms with Gasteiger partial charge in [-0.25, -0.2) is 9.69 Å². The largest absolute Gasteiger partial charge is 0.443 e. The van der Waals surface area contributed by atoms with Crippen LogP contribution in [0.15, 0.2) is 48.5 Å². The second-order valence-electron chi connectivity index (χ2n) is 9.40. The van der Waals surface area contributed by atoms with Gasteiger partial charge in [0.2, 0.25) is 5.91 Å². The quantitative estimate of drug-likeness (QED) is 0.715. The molecule has 0 saturated carbocycles. The minimum absolute atomic E-state index is 0.162. The van der Waals surface area contributed by atoms with Crippen molar-refractivity contribution < 1.29 is 14.3 Å². The summed E-state index contributed by atoms with van der Waals surface area (Å²) in [6.45, 7) is 9.90. The molecule has 158 valence electrons. The Hall–Kier alpha value is -2.82. The number of benzene rings is 2. The third kappa shape index (κ3) is 4.07. The number of carbonyl (C=O) groups is 2. The van der Waals surface area contributed by atoms with Gasteiger partial charge in [-0.2, -0.15) is 0 Å². The van der Waals surface area contributed by atoms with Crippen molar-refractivity contribution in [1.82, 2.24) is 4.90 Å². The molecule has 2 aromatic carbocycles. The Morgan fingerprint density at radius 1 is 1.13 bits per heavy atom. The Morgan fingerprint density at radius 2 is 1.87 bits per heavy atom. The highest BCUT2D eigenvalue weighted by Gasteiger charge is 2.39. The van der Waals surface area contributed by atoms with Gasteiger partial charge in [-0.1, -0.05) is 49.4 Å². The van der Waals surface area contributed by atoms with E-state index in [0.717, 1.165) is 18.7 Å². The fourth-order valence-electron chi connectivity index (χ4n) is 4.44. The minimum Gasteiger partial charge on any atom is -0.443 e. The molecule has 0 radical (unpaired) electrons. The number of imide groups is 1. The highest BCUT2D eigenvalue weighted by atomic mass is 16.6. The second kappa shape index (κ2) is 7.78. The van der Waals surface area contributed by atoms with Crippen LogP contribution < -0.4 is 4.90 Å². The van der Waals surface area contributed by atoms with Crippen molar-refractivity contribution in [2.75, 3.05) is 18.0 Å². The van der Waals surface area contributed by atoms with Crippen LogP contribution in [0, 0.1) is 0 Å². The van der Waals surface area contributed by atoms with Gasteiger partial charge in [0, 0.05) is 31.2 Å². The van der Waals surface area contributed by atoms with E-state index in [0.29, 0.717) is 18.9 Å². The van der Waals surface area contributed by atoms with Gasteiger partial charge < -0.3 is 9.64 Å². The lowest BCUT2D eigenvalue weighted by atomic mass is 9.94. The number of nitrogens with zero attached hydrogens (tertiary/aromatic N) is 2. The molecule has 2 unspecified atom stereocenters. The number of fused-ring (bicyclic) bond motifs is 1. The number of hydrogen-bond acceptors (Lipinski definition) is 4. The van der Waals surface area contributed by atoms with Gasteiger partial charge in [0.15, 0.2) is 0 Å². The zero-order valence-electron chi connectivity index (χ0n) is 18.2. The molecule has 30 heavy (non-hydrogen) atoms. The number of carbonyl (C=O) groups excluding carboxylic acids is 2. The molecule has 0 aromatic heterocycles. The standard InChI is InChI=1S/C25H30N2O3/c1-17-15-26(16-18-8-6-5-7-9-18)22-14-19(10-11-20(17)22)21-12-13-27(23(21)28)24(29)30-25(2,3)4/h5-11,14,17,21H,12-13,15-16H2,1-4H3. The fourth-order valence-corrected chi connectivity index (χ4v) is 4.44. The van der Waals surface area contributed by atoms with Gasteiger partial charge in [-0.15, -0.1) is 0 Å². The maximum Gasteiger partial charge on any atom is 0.417 e. The maximum atomic E-state index is 13.0. The van der Waals surface area contributed by atoms with E-state index in [-0.39, 0.29) is 11.8 Å². The molecule has 5 heteroatoms. The molecule has 2 amide bonds. The Morgan fingerprint density at radius 3 is 2.57 bits per heavy atom. The summed E-state index contributed by atoms with van der Waals surface area (Å²) in [4.78, 5) is 29.0. The van der Waals surface area contributed by atoms with Crippen LogP contribution in [-0.2, 0) is 16.1 Å². The first-order chi connectivity index (χ1) is 14.2. The molecule has 0 aliphatic carbocycles. The number of amides is 2. The van der Waals surface area contributed by atoms with Gasteiger partial charge in [0.1, 0.15) is 5.60 Å². The molecular formula is C25H30N2O3. The number of rotatable bonds is 3. The van der Waals surface area contributed by atoms with Crippen LogP contribution >= 0.6 is 0 Å². The number of likely N-dealkylation sites (tertiary alicyclic amines) is 1. The topological polar surface area (TPSA) is 49.9 Å². The third-order valence-corrected chi connectivity index (χ3v) is 5.86. The highest BCUT2D eigenvalue weighted by Crippen LogP contribution is 2.40. The Kier molecular flexibility index (Phi) is 5.31. The monoisotopic (exact) mass is 406 g/mol. The summed E-state index contributed by atoms with van der Waals surface area (Å²) in [6, 6.07) is 16.8. The summed E-state index contributed by atoms with van der Waals surface area (Å²) in [5.74, 6) is -0.00235. The van der Waals surface area contributed by atoms with Crippen LogP contribution in [0.3, 0.4) is 0 Å². The fraction of sp³-hybridized carbons (Fsp3) is 0.440. The number of hydrogen-bond donors (Lipinski definition) is 0. The zero-order chi connectivity index (χ0) is 21.5. The van der Waals surface area contributed by atoms with Crippen LogP contribution in [0.2, 0.25) is 0 Å². The molecule has 2 heterocycles. The summed E-state index contributed by atoms with van der Waals surface area (Å²) in [5, 5.41) is 0. The maximum absolute atomic E-state index is 13.0. The molecule has 2 aliphatic rings. The zero-order valence-corrected chi connectivity index (χ0v) is 18.2. The third-order valence-electron chi connectivity index (χ3n) is 5.86. The Labute approximate surface area is 178 Å². The molecule has 0 bridgehead atoms. The average Bonchev–Trinajstić information content (AvgIpc) is 3.21. The molecule has 1 saturated heterocycles. The van der Waals surface area contributed by atoms with Crippen LogP contribution in [0.25, 0.3) is 0 Å². The van der Waals surface area contributed by atoms with E-state index >= 15 is 0 Å². The lowest BCUT2D eigenvalue weighted by Gasteiger charge is -2.23. The van der Waals surface area contributed by atoms with Gasteiger partial charge in [-0.3, -0.25) is 4.79 Å². The molecule has 4 rings (SSSR count). The van der Waals surface area contributed by atoms with Gasteiger partial charge in [-0.05, 0) is 49.9 Å². The number of ether oxygens (including phenoxy) is 1. The molecule has 0 spiro atoms. The second-order valence-corrected chi connectivity index (χ2v) is 9.40. The van der Waals surface area contributed by atoms with Crippen molar-refractivity contribution in [1.29, 1.82) is 0 Å². The van der Waals surface area contributed by atoms with E-state index < -0.39 is 11.7 Å². The lowest BCUT2D eigenvalue weighted by Crippen LogP contribution is -2.38. The van der Waals surface area contributed by atoms with Crippen molar-refractivity contribution in [3.8, 4) is 0 Å². The molecular weight excluding hydrogens is 376 g/mol. The molecule has 2 atom stereocenters. The summed E-state index contributed by atoms with van der Waals surface area (Å²) in [6.07, 6.45) is 0.0842. The first-order valence-corrected chi connectivity index (χ1v) is 10.7. The summed E-state index contributed by atoms with van der Waals surface area (Å²) in [7, 11) is 0. The van der Waals surface area contributed by atoms with Crippen LogP contribution in [0.1, 0.15) is 62.6 Å². The van der Waals surface area contributed by atoms with E-state index in [2.05, 4.69) is 54.3 Å². The first-order valence-electron chi connectivity index (χ1n) is 10.7. The average molecular weight is 407 g/mol. The predicted molar refractivity (Wildman–Crippen MR) is 118 cm³/mol. The predicted octanol–water partition coefficient (Wildman–Crippen LogP) is 5.06. The first kappa shape index (κ1) is 20.5. The van der Waals surface area contributed by atoms with E-state index in [4.69, 9.17) is 4.74 Å². The summed E-state index contributed by atoms with van der Waals surface area (Å²) in [5.41, 5.74) is 4.17. The minimum atomic E-state index is -0.614. The summed E-state index contributed by atoms with van der Waals surface area (Å²) >= 11 is 0. The SMILES string of the molecule is CC1CN(Cc2ccccc2)c2cc(C3CCN(C(=O)OC(C)(C)C)C3=O)ccc21. The highest BCUT2D eigenvalue weighted by molar-refractivity contribution is 5.97. The van der Waals surface area contributed by atoms with Crippen molar-refractivity contribution in [3.05, 3.63) is 65.2 Å². The van der Waals surface area contributed by atoms with E-state index in [1.165, 1.54) is 21.7 Å². The smallest absolute Gasteiger partial charge is 0.417 e. The normalized spacial score (nSPS) is 21.1. The van der Waals surface area contributed by atoms with Crippen molar-refractivity contribution in [2.45, 2.75) is 58.1 Å². The molecule has 2 aromatic rings. The van der Waals surface area contributed by atoms with Gasteiger partial charge >= 0.3 is 6.09 Å². The van der Waals surface area contributed by atoms with Crippen molar-refractivity contribution in [2.24, 2.45) is 0 Å². The molecule has 1 fully saturated rings. The molecule has 0 N–H and O–H groups in total. The van der Waals surface area contributed by atoms with Crippen LogP contribution in [0.4, 0.5) is 10.5 Å². The van der Waals surface area contributed by atoms with Crippen molar-refractivity contribution >= 4 is 17.7 Å². The molecule has 2 aliphatic heterocycles. The Balaban J connectivity index is 1.55. The summed E-state index contributed by atoms with van der Waals surface area (Å²) < 4.78 is 5.41. The molecule has 5 nitrogen and oxygen atoms in total. The van der Waals surface area contributed by atoms with Crippen molar-refractivity contribution in [3.63, 3.8) is 0 Å². The van der Waals surface area contributed by atoms with Gasteiger partial charge in [0.05, 0.1) is 5.92 Å². The van der Waals surface area contributed by atoms with E-state index in [1.807, 2.05) is 26.8 Å². The van der Waals surface area contributed by atoms with Crippen LogP contribution in [-0.4, -0.2) is 35.6 Å². The van der Waals surface area contributed by atoms with Crippen LogP contribution in [0.5, 0.6) is 0 Å². The van der Waals surface area contributed by atoms with E-state index in [1.54, 1.807) is 0 Å². The Bertz CT molecular complexity index is 949. The number of anilines is 1. The van der Waals surface area contributed by atoms with Gasteiger partial charge in [0.25, 0.3) is 0 Å². The van der Waals surface area contributed by atoms with E-state index in [9.17, 15) is 9.59 Å². The lowest BCUT2D eigenvalue weighted by molar-refractivity contribution is -0.128.